The molecule has 2 rings (SSSR count). The minimum absolute atomic E-state index is 0.0860. The number of thiophene rings is 1. The lowest BCUT2D eigenvalue weighted by atomic mass is 9.86. The van der Waals surface area contributed by atoms with Crippen molar-refractivity contribution >= 4 is 11.3 Å². The van der Waals surface area contributed by atoms with Gasteiger partial charge >= 0.3 is 0 Å². The van der Waals surface area contributed by atoms with Crippen LogP contribution in [0, 0.1) is 6.92 Å². The van der Waals surface area contributed by atoms with Crippen LogP contribution in [0.3, 0.4) is 0 Å². The first-order valence-corrected chi connectivity index (χ1v) is 7.74. The summed E-state index contributed by atoms with van der Waals surface area (Å²) < 4.78 is 6.05. The lowest BCUT2D eigenvalue weighted by Gasteiger charge is -2.22. The Morgan fingerprint density at radius 3 is 2.50 bits per heavy atom. The van der Waals surface area contributed by atoms with Gasteiger partial charge in [-0.25, -0.2) is 0 Å². The Balaban J connectivity index is 2.17. The number of rotatable bonds is 4. The smallest absolute Gasteiger partial charge is 0.123 e. The second-order valence-corrected chi connectivity index (χ2v) is 7.37. The summed E-state index contributed by atoms with van der Waals surface area (Å²) in [7, 11) is 0. The van der Waals surface area contributed by atoms with E-state index in [-0.39, 0.29) is 5.41 Å². The van der Waals surface area contributed by atoms with Crippen molar-refractivity contribution in [1.29, 1.82) is 0 Å². The summed E-state index contributed by atoms with van der Waals surface area (Å²) in [6, 6.07) is 10.4. The molecule has 0 atom stereocenters. The van der Waals surface area contributed by atoms with Gasteiger partial charge < -0.3 is 10.5 Å². The zero-order chi connectivity index (χ0) is 14.8. The van der Waals surface area contributed by atoms with Crippen LogP contribution >= 0.6 is 11.3 Å². The minimum Gasteiger partial charge on any atom is -0.489 e. The molecule has 2 aromatic rings. The van der Waals surface area contributed by atoms with Crippen molar-refractivity contribution in [3.63, 3.8) is 0 Å². The van der Waals surface area contributed by atoms with Crippen LogP contribution in [0.25, 0.3) is 0 Å². The normalized spacial score (nSPS) is 11.7. The van der Waals surface area contributed by atoms with Crippen LogP contribution in [0.5, 0.6) is 5.75 Å². The van der Waals surface area contributed by atoms with Crippen LogP contribution in [0.15, 0.2) is 30.3 Å². The van der Waals surface area contributed by atoms with Gasteiger partial charge in [0.2, 0.25) is 0 Å². The van der Waals surface area contributed by atoms with Crippen LogP contribution in [-0.4, -0.2) is 0 Å². The van der Waals surface area contributed by atoms with Gasteiger partial charge in [0.05, 0.1) is 0 Å². The van der Waals surface area contributed by atoms with Crippen LogP contribution < -0.4 is 10.5 Å². The molecule has 0 radical (unpaired) electrons. The Labute approximate surface area is 125 Å². The average Bonchev–Trinajstić information content (AvgIpc) is 2.76. The van der Waals surface area contributed by atoms with Crippen molar-refractivity contribution < 1.29 is 4.74 Å². The van der Waals surface area contributed by atoms with Gasteiger partial charge in [0.15, 0.2) is 0 Å². The number of ether oxygens (including phenoxy) is 1. The summed E-state index contributed by atoms with van der Waals surface area (Å²) >= 11 is 1.75. The molecule has 0 aliphatic heterocycles. The van der Waals surface area contributed by atoms with E-state index in [9.17, 15) is 0 Å². The van der Waals surface area contributed by atoms with Crippen molar-refractivity contribution in [3.8, 4) is 5.75 Å². The molecule has 0 aliphatic rings. The number of para-hydroxylation sites is 1. The molecule has 0 unspecified atom stereocenters. The molecule has 1 aromatic heterocycles. The fourth-order valence-electron chi connectivity index (χ4n) is 2.20. The Bertz CT molecular complexity index is 581. The zero-order valence-electron chi connectivity index (χ0n) is 12.7. The Morgan fingerprint density at radius 2 is 1.90 bits per heavy atom. The molecular formula is C17H23NOS. The van der Waals surface area contributed by atoms with E-state index in [0.29, 0.717) is 13.2 Å². The van der Waals surface area contributed by atoms with Crippen LogP contribution in [0.4, 0.5) is 0 Å². The van der Waals surface area contributed by atoms with Gasteiger partial charge in [-0.3, -0.25) is 0 Å². The first-order chi connectivity index (χ1) is 9.41. The molecule has 1 heterocycles. The van der Waals surface area contributed by atoms with Gasteiger partial charge in [-0.2, -0.15) is 0 Å². The molecule has 0 bridgehead atoms. The minimum atomic E-state index is 0.0860. The first-order valence-electron chi connectivity index (χ1n) is 6.92. The summed E-state index contributed by atoms with van der Waals surface area (Å²) in [5.74, 6) is 0.972. The quantitative estimate of drug-likeness (QED) is 0.906. The highest BCUT2D eigenvalue weighted by molar-refractivity contribution is 7.12. The zero-order valence-corrected chi connectivity index (χ0v) is 13.5. The number of aryl methyl sites for hydroxylation is 1. The van der Waals surface area contributed by atoms with Gasteiger partial charge in [0.25, 0.3) is 0 Å². The largest absolute Gasteiger partial charge is 0.489 e. The summed E-state index contributed by atoms with van der Waals surface area (Å²) in [5.41, 5.74) is 8.25. The predicted octanol–water partition coefficient (Wildman–Crippen LogP) is 4.39. The monoisotopic (exact) mass is 289 g/mol. The van der Waals surface area contributed by atoms with Crippen molar-refractivity contribution in [1.82, 2.24) is 0 Å². The summed E-state index contributed by atoms with van der Waals surface area (Å²) in [6.07, 6.45) is 0. The fraction of sp³-hybridized carbons (Fsp3) is 0.412. The highest BCUT2D eigenvalue weighted by Gasteiger charge is 2.18. The number of nitrogens with two attached hydrogens (primary N) is 1. The number of hydrogen-bond acceptors (Lipinski definition) is 3. The van der Waals surface area contributed by atoms with Crippen LogP contribution in [0.2, 0.25) is 0 Å². The van der Waals surface area contributed by atoms with E-state index in [1.54, 1.807) is 11.3 Å². The molecule has 0 fully saturated rings. The Hall–Kier alpha value is -1.32. The number of benzene rings is 1. The third-order valence-electron chi connectivity index (χ3n) is 3.35. The SMILES string of the molecule is Cc1sc(CN)cc1COc1ccccc1C(C)(C)C. The molecule has 0 amide bonds. The molecule has 0 saturated heterocycles. The maximum atomic E-state index is 6.05. The van der Waals surface area contributed by atoms with Crippen molar-refractivity contribution in [2.75, 3.05) is 0 Å². The molecule has 108 valence electrons. The highest BCUT2D eigenvalue weighted by atomic mass is 32.1. The van der Waals surface area contributed by atoms with E-state index in [1.165, 1.54) is 20.9 Å². The fourth-order valence-corrected chi connectivity index (χ4v) is 3.13. The average molecular weight is 289 g/mol. The van der Waals surface area contributed by atoms with E-state index in [2.05, 4.69) is 45.9 Å². The van der Waals surface area contributed by atoms with Crippen molar-refractivity contribution in [2.24, 2.45) is 5.73 Å². The van der Waals surface area contributed by atoms with E-state index >= 15 is 0 Å². The molecule has 20 heavy (non-hydrogen) atoms. The Kier molecular flexibility index (Phi) is 4.51. The summed E-state index contributed by atoms with van der Waals surface area (Å²) in [5, 5.41) is 0. The predicted molar refractivity (Wildman–Crippen MR) is 86.4 cm³/mol. The standard InChI is InChI=1S/C17H23NOS/c1-12-13(9-14(10-18)20-12)11-19-16-8-6-5-7-15(16)17(2,3)4/h5-9H,10-11,18H2,1-4H3. The second-order valence-electron chi connectivity index (χ2n) is 6.03. The van der Waals surface area contributed by atoms with E-state index in [1.807, 2.05) is 12.1 Å². The third kappa shape index (κ3) is 3.41. The topological polar surface area (TPSA) is 35.2 Å². The van der Waals surface area contributed by atoms with Crippen molar-refractivity contribution in [3.05, 3.63) is 51.2 Å². The molecule has 2 nitrogen and oxygen atoms in total. The van der Waals surface area contributed by atoms with Crippen LogP contribution in [-0.2, 0) is 18.6 Å². The molecule has 0 saturated carbocycles. The summed E-state index contributed by atoms with van der Waals surface area (Å²) in [6.45, 7) is 9.95. The Morgan fingerprint density at radius 1 is 1.20 bits per heavy atom. The van der Waals surface area contributed by atoms with Crippen LogP contribution in [0.1, 0.15) is 41.7 Å². The van der Waals surface area contributed by atoms with Crippen molar-refractivity contribution in [2.45, 2.75) is 46.3 Å². The maximum absolute atomic E-state index is 6.05. The molecule has 1 aromatic carbocycles. The van der Waals surface area contributed by atoms with E-state index in [0.717, 1.165) is 5.75 Å². The lowest BCUT2D eigenvalue weighted by Crippen LogP contribution is -2.13. The molecule has 0 spiro atoms. The highest BCUT2D eigenvalue weighted by Crippen LogP contribution is 2.32. The molecule has 0 aliphatic carbocycles. The lowest BCUT2D eigenvalue weighted by molar-refractivity contribution is 0.297. The van der Waals surface area contributed by atoms with E-state index in [4.69, 9.17) is 10.5 Å². The second kappa shape index (κ2) is 5.98. The van der Waals surface area contributed by atoms with Gasteiger partial charge in [0, 0.05) is 21.9 Å². The molecule has 2 N–H and O–H groups in total. The third-order valence-corrected chi connectivity index (χ3v) is 4.47. The molecule has 3 heteroatoms. The van der Waals surface area contributed by atoms with E-state index < -0.39 is 0 Å². The van der Waals surface area contributed by atoms with Gasteiger partial charge in [-0.1, -0.05) is 39.0 Å². The molecular weight excluding hydrogens is 266 g/mol. The first kappa shape index (κ1) is 15.1. The van der Waals surface area contributed by atoms with Gasteiger partial charge in [-0.15, -0.1) is 11.3 Å². The van der Waals surface area contributed by atoms with Gasteiger partial charge in [0.1, 0.15) is 12.4 Å². The van der Waals surface area contributed by atoms with Gasteiger partial charge in [-0.05, 0) is 30.0 Å². The maximum Gasteiger partial charge on any atom is 0.123 e. The number of hydrogen-bond donors (Lipinski definition) is 1. The summed E-state index contributed by atoms with van der Waals surface area (Å²) in [4.78, 5) is 2.50.